The molecule has 0 saturated heterocycles. The second-order valence-electron chi connectivity index (χ2n) is 4.21. The maximum Gasteiger partial charge on any atom is 0.345 e. The first kappa shape index (κ1) is 18.1. The standard InChI is InChI=1S/C11H15BrN2O5S2/c1-2-3-4-14(6-9(13)15)21(18,19)8-5-7(11(16)17)20-10(8)12/h5H,2-4,6H2,1H3,(H2,13,15)(H,16,17). The van der Waals surface area contributed by atoms with E-state index in [2.05, 4.69) is 15.9 Å². The number of nitrogens with zero attached hydrogens (tertiary/aromatic N) is 1. The van der Waals surface area contributed by atoms with Crippen LogP contribution in [0.1, 0.15) is 29.4 Å². The zero-order valence-corrected chi connectivity index (χ0v) is 14.4. The minimum absolute atomic E-state index is 0.102. The summed E-state index contributed by atoms with van der Waals surface area (Å²) in [6.07, 6.45) is 1.32. The van der Waals surface area contributed by atoms with E-state index in [4.69, 9.17) is 10.8 Å². The Labute approximate surface area is 134 Å². The Balaban J connectivity index is 3.21. The largest absolute Gasteiger partial charge is 0.477 e. The number of nitrogens with two attached hydrogens (primary N) is 1. The van der Waals surface area contributed by atoms with E-state index >= 15 is 0 Å². The number of sulfonamides is 1. The summed E-state index contributed by atoms with van der Waals surface area (Å²) in [5.74, 6) is -1.98. The summed E-state index contributed by atoms with van der Waals surface area (Å²) >= 11 is 3.86. The second-order valence-corrected chi connectivity index (χ2v) is 8.49. The first-order valence-electron chi connectivity index (χ1n) is 6.01. The number of unbranched alkanes of at least 4 members (excludes halogenated alkanes) is 1. The van der Waals surface area contributed by atoms with Crippen LogP contribution in [0.25, 0.3) is 0 Å². The van der Waals surface area contributed by atoms with Crippen LogP contribution in [0, 0.1) is 0 Å². The molecule has 7 nitrogen and oxygen atoms in total. The van der Waals surface area contributed by atoms with Crippen LogP contribution < -0.4 is 5.73 Å². The zero-order valence-electron chi connectivity index (χ0n) is 11.2. The molecule has 118 valence electrons. The first-order chi connectivity index (χ1) is 9.70. The van der Waals surface area contributed by atoms with Gasteiger partial charge in [0.05, 0.1) is 10.3 Å². The molecule has 0 aliphatic heterocycles. The molecule has 21 heavy (non-hydrogen) atoms. The molecule has 0 atom stereocenters. The maximum absolute atomic E-state index is 12.5. The number of thiophene rings is 1. The van der Waals surface area contributed by atoms with Crippen molar-refractivity contribution < 1.29 is 23.1 Å². The number of halogens is 1. The van der Waals surface area contributed by atoms with Crippen molar-refractivity contribution in [1.29, 1.82) is 0 Å². The number of primary amides is 1. The maximum atomic E-state index is 12.5. The highest BCUT2D eigenvalue weighted by atomic mass is 79.9. The van der Waals surface area contributed by atoms with E-state index in [1.54, 1.807) is 0 Å². The van der Waals surface area contributed by atoms with Crippen molar-refractivity contribution in [2.75, 3.05) is 13.1 Å². The number of hydrogen-bond donors (Lipinski definition) is 2. The topological polar surface area (TPSA) is 118 Å². The van der Waals surface area contributed by atoms with Gasteiger partial charge in [0.15, 0.2) is 0 Å². The van der Waals surface area contributed by atoms with Gasteiger partial charge in [-0.2, -0.15) is 4.31 Å². The van der Waals surface area contributed by atoms with Crippen molar-refractivity contribution in [3.63, 3.8) is 0 Å². The number of amides is 1. The lowest BCUT2D eigenvalue weighted by Crippen LogP contribution is -2.39. The Hall–Kier alpha value is -0.970. The van der Waals surface area contributed by atoms with E-state index in [1.807, 2.05) is 6.92 Å². The smallest absolute Gasteiger partial charge is 0.345 e. The molecule has 0 spiro atoms. The predicted molar refractivity (Wildman–Crippen MR) is 81.8 cm³/mol. The number of carbonyl (C=O) groups excluding carboxylic acids is 1. The number of rotatable bonds is 8. The van der Waals surface area contributed by atoms with Crippen LogP contribution in [-0.4, -0.2) is 42.8 Å². The molecule has 0 fully saturated rings. The van der Waals surface area contributed by atoms with Gasteiger partial charge < -0.3 is 10.8 Å². The fraction of sp³-hybridized carbons (Fsp3) is 0.455. The normalized spacial score (nSPS) is 11.8. The molecule has 0 aliphatic carbocycles. The van der Waals surface area contributed by atoms with Crippen LogP contribution in [0.15, 0.2) is 14.7 Å². The summed E-state index contributed by atoms with van der Waals surface area (Å²) in [7, 11) is -3.98. The van der Waals surface area contributed by atoms with Gasteiger partial charge in [-0.15, -0.1) is 11.3 Å². The Morgan fingerprint density at radius 2 is 2.10 bits per heavy atom. The van der Waals surface area contributed by atoms with Gasteiger partial charge in [0.2, 0.25) is 15.9 Å². The van der Waals surface area contributed by atoms with E-state index in [-0.39, 0.29) is 20.1 Å². The third-order valence-corrected chi connectivity index (χ3v) is 6.66. The molecule has 0 bridgehead atoms. The van der Waals surface area contributed by atoms with Crippen molar-refractivity contribution in [3.05, 3.63) is 14.7 Å². The number of carbonyl (C=O) groups is 2. The molecule has 1 rings (SSSR count). The van der Waals surface area contributed by atoms with Gasteiger partial charge in [-0.05, 0) is 28.4 Å². The Morgan fingerprint density at radius 3 is 2.52 bits per heavy atom. The molecule has 0 aromatic carbocycles. The molecule has 1 aromatic rings. The van der Waals surface area contributed by atoms with Gasteiger partial charge in [-0.3, -0.25) is 4.79 Å². The Bertz CT molecular complexity index is 641. The minimum Gasteiger partial charge on any atom is -0.477 e. The molecule has 10 heteroatoms. The Morgan fingerprint density at radius 1 is 1.48 bits per heavy atom. The Kier molecular flexibility index (Phi) is 6.32. The van der Waals surface area contributed by atoms with Gasteiger partial charge in [0, 0.05) is 6.54 Å². The van der Waals surface area contributed by atoms with E-state index in [0.717, 1.165) is 28.1 Å². The summed E-state index contributed by atoms with van der Waals surface area (Å²) in [5, 5.41) is 8.92. The van der Waals surface area contributed by atoms with E-state index < -0.39 is 28.4 Å². The molecule has 1 amide bonds. The third-order valence-electron chi connectivity index (χ3n) is 2.58. The molecule has 1 aromatic heterocycles. The lowest BCUT2D eigenvalue weighted by atomic mass is 10.3. The average Bonchev–Trinajstić information content (AvgIpc) is 2.77. The highest BCUT2D eigenvalue weighted by molar-refractivity contribution is 9.11. The summed E-state index contributed by atoms with van der Waals surface area (Å²) < 4.78 is 26.2. The molecule has 0 aliphatic rings. The molecule has 0 unspecified atom stereocenters. The second kappa shape index (κ2) is 7.34. The fourth-order valence-corrected chi connectivity index (χ4v) is 5.36. The molecular formula is C11H15BrN2O5S2. The van der Waals surface area contributed by atoms with Gasteiger partial charge in [-0.1, -0.05) is 13.3 Å². The highest BCUT2D eigenvalue weighted by Gasteiger charge is 2.30. The molecule has 3 N–H and O–H groups in total. The van der Waals surface area contributed by atoms with Crippen LogP contribution in [0.5, 0.6) is 0 Å². The minimum atomic E-state index is -3.98. The van der Waals surface area contributed by atoms with Crippen molar-refractivity contribution in [2.24, 2.45) is 5.73 Å². The zero-order chi connectivity index (χ0) is 16.2. The summed E-state index contributed by atoms with van der Waals surface area (Å²) in [6.45, 7) is 1.59. The average molecular weight is 399 g/mol. The quantitative estimate of drug-likeness (QED) is 0.687. The molecule has 0 saturated carbocycles. The van der Waals surface area contributed by atoms with E-state index in [0.29, 0.717) is 6.42 Å². The molecule has 1 heterocycles. The highest BCUT2D eigenvalue weighted by Crippen LogP contribution is 2.33. The molecule has 0 radical (unpaired) electrons. The summed E-state index contributed by atoms with van der Waals surface area (Å²) in [4.78, 5) is 21.7. The van der Waals surface area contributed by atoms with Crippen molar-refractivity contribution in [3.8, 4) is 0 Å². The SMILES string of the molecule is CCCCN(CC(N)=O)S(=O)(=O)c1cc(C(=O)O)sc1Br. The predicted octanol–water partition coefficient (Wildman–Crippen LogP) is 1.48. The van der Waals surface area contributed by atoms with Crippen molar-refractivity contribution >= 4 is 49.2 Å². The van der Waals surface area contributed by atoms with Crippen LogP contribution in [0.4, 0.5) is 0 Å². The third kappa shape index (κ3) is 4.50. The van der Waals surface area contributed by atoms with E-state index in [9.17, 15) is 18.0 Å². The van der Waals surface area contributed by atoms with Crippen molar-refractivity contribution in [2.45, 2.75) is 24.7 Å². The van der Waals surface area contributed by atoms with Crippen LogP contribution >= 0.6 is 27.3 Å². The summed E-state index contributed by atoms with van der Waals surface area (Å²) in [6, 6.07) is 1.08. The first-order valence-corrected chi connectivity index (χ1v) is 9.06. The van der Waals surface area contributed by atoms with Crippen LogP contribution in [-0.2, 0) is 14.8 Å². The lowest BCUT2D eigenvalue weighted by molar-refractivity contribution is -0.118. The lowest BCUT2D eigenvalue weighted by Gasteiger charge is -2.20. The number of hydrogen-bond acceptors (Lipinski definition) is 5. The van der Waals surface area contributed by atoms with Crippen molar-refractivity contribution in [1.82, 2.24) is 4.31 Å². The van der Waals surface area contributed by atoms with Gasteiger partial charge >= 0.3 is 5.97 Å². The number of aromatic carboxylic acids is 1. The molecular weight excluding hydrogens is 384 g/mol. The number of carboxylic acids is 1. The van der Waals surface area contributed by atoms with Gasteiger partial charge in [-0.25, -0.2) is 13.2 Å². The van der Waals surface area contributed by atoms with Crippen LogP contribution in [0.2, 0.25) is 0 Å². The van der Waals surface area contributed by atoms with E-state index in [1.165, 1.54) is 0 Å². The monoisotopic (exact) mass is 398 g/mol. The van der Waals surface area contributed by atoms with Gasteiger partial charge in [0.1, 0.15) is 9.77 Å². The van der Waals surface area contributed by atoms with Crippen LogP contribution in [0.3, 0.4) is 0 Å². The number of carboxylic acid groups (broad SMARTS) is 1. The van der Waals surface area contributed by atoms with Gasteiger partial charge in [0.25, 0.3) is 0 Å². The summed E-state index contributed by atoms with van der Waals surface area (Å²) in [5.41, 5.74) is 5.08. The fourth-order valence-electron chi connectivity index (χ4n) is 1.56.